The molecule has 0 heterocycles. The lowest BCUT2D eigenvalue weighted by atomic mass is 10.1. The summed E-state index contributed by atoms with van der Waals surface area (Å²) in [6.45, 7) is 3.42. The molecule has 0 radical (unpaired) electrons. The Kier molecular flexibility index (Phi) is 7.93. The second-order valence-corrected chi connectivity index (χ2v) is 5.57. The number of unbranched alkanes of at least 4 members (excludes halogenated alkanes) is 5. The van der Waals surface area contributed by atoms with E-state index in [9.17, 15) is 9.36 Å². The first-order valence-electron chi connectivity index (χ1n) is 5.49. The Morgan fingerprint density at radius 3 is 2.27 bits per heavy atom. The third kappa shape index (κ3) is 7.71. The molecule has 0 saturated carbocycles. The monoisotopic (exact) mass is 236 g/mol. The van der Waals surface area contributed by atoms with Crippen LogP contribution in [0.15, 0.2) is 0 Å². The Labute approximate surface area is 91.6 Å². The molecule has 1 N–H and O–H groups in total. The summed E-state index contributed by atoms with van der Waals surface area (Å²) in [5, 5.41) is 0. The van der Waals surface area contributed by atoms with Gasteiger partial charge >= 0.3 is 7.60 Å². The van der Waals surface area contributed by atoms with Gasteiger partial charge in [0.1, 0.15) is 0 Å². The maximum atomic E-state index is 11.0. The molecule has 90 valence electrons. The van der Waals surface area contributed by atoms with E-state index in [1.165, 1.54) is 19.3 Å². The minimum absolute atomic E-state index is 0.194. The van der Waals surface area contributed by atoms with E-state index in [4.69, 9.17) is 4.89 Å². The van der Waals surface area contributed by atoms with Gasteiger partial charge in [-0.15, -0.1) is 0 Å². The van der Waals surface area contributed by atoms with Crippen molar-refractivity contribution in [3.63, 3.8) is 0 Å². The predicted molar refractivity (Wildman–Crippen MR) is 59.8 cm³/mol. The molecule has 4 nitrogen and oxygen atoms in total. The number of hydrogen-bond donors (Lipinski definition) is 1. The molecule has 0 aliphatic carbocycles. The summed E-state index contributed by atoms with van der Waals surface area (Å²) in [6, 6.07) is 0. The van der Waals surface area contributed by atoms with Gasteiger partial charge in [0.15, 0.2) is 0 Å². The van der Waals surface area contributed by atoms with Crippen molar-refractivity contribution in [2.75, 3.05) is 6.61 Å². The third-order valence-electron chi connectivity index (χ3n) is 2.16. The molecule has 0 rings (SSSR count). The first-order valence-corrected chi connectivity index (χ1v) is 7.07. The normalized spacial score (nSPS) is 14.9. The molecule has 15 heavy (non-hydrogen) atoms. The molecule has 0 amide bonds. The van der Waals surface area contributed by atoms with Crippen LogP contribution in [-0.2, 0) is 13.9 Å². The topological polar surface area (TPSA) is 63.6 Å². The van der Waals surface area contributed by atoms with Crippen LogP contribution < -0.4 is 0 Å². The molecule has 5 heteroatoms. The van der Waals surface area contributed by atoms with Gasteiger partial charge in [0.25, 0.3) is 0 Å². The van der Waals surface area contributed by atoms with Crippen molar-refractivity contribution >= 4 is 13.1 Å². The number of carbonyl (C=O) groups is 1. The van der Waals surface area contributed by atoms with Crippen LogP contribution in [0.4, 0.5) is 0 Å². The van der Waals surface area contributed by atoms with Crippen molar-refractivity contribution in [3.8, 4) is 0 Å². The summed E-state index contributed by atoms with van der Waals surface area (Å²) < 4.78 is 15.7. The standard InChI is InChI=1S/C10H21O4P/c1-3-4-5-6-7-8-9-14-15(12,13)10(2)11/h3-9H2,1-2H3,(H,12,13). The van der Waals surface area contributed by atoms with E-state index in [2.05, 4.69) is 11.4 Å². The molecular formula is C10H21O4P. The van der Waals surface area contributed by atoms with Crippen LogP contribution in [0.5, 0.6) is 0 Å². The molecule has 0 spiro atoms. The SMILES string of the molecule is CCCCCCCCOP(=O)(O)C(C)=O. The van der Waals surface area contributed by atoms with Crippen LogP contribution in [0.2, 0.25) is 0 Å². The number of hydrogen-bond acceptors (Lipinski definition) is 3. The van der Waals surface area contributed by atoms with Crippen LogP contribution in [0, 0.1) is 0 Å². The Bertz CT molecular complexity index is 227. The van der Waals surface area contributed by atoms with Crippen molar-refractivity contribution in [1.29, 1.82) is 0 Å². The number of carbonyl (C=O) groups excluding carboxylic acids is 1. The van der Waals surface area contributed by atoms with Crippen LogP contribution in [0.25, 0.3) is 0 Å². The average molecular weight is 236 g/mol. The van der Waals surface area contributed by atoms with E-state index in [1.807, 2.05) is 0 Å². The first-order chi connectivity index (χ1) is 7.00. The van der Waals surface area contributed by atoms with Crippen LogP contribution in [0.1, 0.15) is 52.4 Å². The first kappa shape index (κ1) is 14.8. The smallest absolute Gasteiger partial charge is 0.319 e. The Hall–Kier alpha value is -0.180. The van der Waals surface area contributed by atoms with E-state index in [-0.39, 0.29) is 6.61 Å². The highest BCUT2D eigenvalue weighted by Gasteiger charge is 2.25. The van der Waals surface area contributed by atoms with Gasteiger partial charge in [0.05, 0.1) is 6.61 Å². The van der Waals surface area contributed by atoms with Crippen molar-refractivity contribution in [1.82, 2.24) is 0 Å². The minimum atomic E-state index is -3.96. The summed E-state index contributed by atoms with van der Waals surface area (Å²) in [4.78, 5) is 19.6. The van der Waals surface area contributed by atoms with Gasteiger partial charge in [-0.3, -0.25) is 9.36 Å². The third-order valence-corrected chi connectivity index (χ3v) is 3.49. The number of rotatable bonds is 9. The quantitative estimate of drug-likeness (QED) is 0.493. The maximum absolute atomic E-state index is 11.0. The largest absolute Gasteiger partial charge is 0.393 e. The van der Waals surface area contributed by atoms with Gasteiger partial charge in [-0.05, 0) is 6.42 Å². The Balaban J connectivity index is 3.39. The van der Waals surface area contributed by atoms with Crippen LogP contribution >= 0.6 is 7.60 Å². The maximum Gasteiger partial charge on any atom is 0.393 e. The van der Waals surface area contributed by atoms with Crippen molar-refractivity contribution in [2.24, 2.45) is 0 Å². The summed E-state index contributed by atoms with van der Waals surface area (Å²) in [5.74, 6) is 0. The Morgan fingerprint density at radius 2 is 1.73 bits per heavy atom. The zero-order valence-corrected chi connectivity index (χ0v) is 10.5. The highest BCUT2D eigenvalue weighted by Crippen LogP contribution is 2.42. The molecule has 0 aliphatic rings. The summed E-state index contributed by atoms with van der Waals surface area (Å²) in [6.07, 6.45) is 6.46. The van der Waals surface area contributed by atoms with E-state index < -0.39 is 13.1 Å². The molecular weight excluding hydrogens is 215 g/mol. The summed E-state index contributed by atoms with van der Waals surface area (Å²) >= 11 is 0. The van der Waals surface area contributed by atoms with E-state index in [0.717, 1.165) is 26.2 Å². The summed E-state index contributed by atoms with van der Waals surface area (Å²) in [5.41, 5.74) is -0.784. The molecule has 0 saturated heterocycles. The zero-order valence-electron chi connectivity index (χ0n) is 9.57. The molecule has 1 unspecified atom stereocenters. The minimum Gasteiger partial charge on any atom is -0.319 e. The highest BCUT2D eigenvalue weighted by atomic mass is 31.2. The van der Waals surface area contributed by atoms with Gasteiger partial charge in [0.2, 0.25) is 5.52 Å². The van der Waals surface area contributed by atoms with Crippen LogP contribution in [-0.4, -0.2) is 17.0 Å². The second kappa shape index (κ2) is 8.03. The lowest BCUT2D eigenvalue weighted by molar-refractivity contribution is -0.111. The molecule has 0 aromatic rings. The zero-order chi connectivity index (χ0) is 11.7. The van der Waals surface area contributed by atoms with Gasteiger partial charge in [-0.2, -0.15) is 0 Å². The van der Waals surface area contributed by atoms with Crippen molar-refractivity contribution in [3.05, 3.63) is 0 Å². The fraction of sp³-hybridized carbons (Fsp3) is 0.900. The molecule has 0 fully saturated rings. The molecule has 1 atom stereocenters. The van der Waals surface area contributed by atoms with E-state index >= 15 is 0 Å². The Morgan fingerprint density at radius 1 is 1.20 bits per heavy atom. The van der Waals surface area contributed by atoms with Crippen molar-refractivity contribution in [2.45, 2.75) is 52.4 Å². The fourth-order valence-corrected chi connectivity index (χ4v) is 1.72. The lowest BCUT2D eigenvalue weighted by Crippen LogP contribution is -1.99. The van der Waals surface area contributed by atoms with Gasteiger partial charge in [0, 0.05) is 6.92 Å². The molecule has 0 aromatic heterocycles. The van der Waals surface area contributed by atoms with Gasteiger partial charge in [-0.25, -0.2) is 0 Å². The molecule has 0 aliphatic heterocycles. The van der Waals surface area contributed by atoms with Crippen LogP contribution in [0.3, 0.4) is 0 Å². The fourth-order valence-electron chi connectivity index (χ4n) is 1.16. The lowest BCUT2D eigenvalue weighted by Gasteiger charge is -2.08. The average Bonchev–Trinajstić information content (AvgIpc) is 2.16. The highest BCUT2D eigenvalue weighted by molar-refractivity contribution is 7.70. The summed E-state index contributed by atoms with van der Waals surface area (Å²) in [7, 11) is -3.96. The molecule has 0 aromatic carbocycles. The predicted octanol–water partition coefficient (Wildman–Crippen LogP) is 3.10. The molecule has 0 bridgehead atoms. The van der Waals surface area contributed by atoms with Crippen molar-refractivity contribution < 1.29 is 18.8 Å². The van der Waals surface area contributed by atoms with Gasteiger partial charge in [-0.1, -0.05) is 39.0 Å². The van der Waals surface area contributed by atoms with E-state index in [1.54, 1.807) is 0 Å². The van der Waals surface area contributed by atoms with E-state index in [0.29, 0.717) is 0 Å². The second-order valence-electron chi connectivity index (χ2n) is 3.64. The van der Waals surface area contributed by atoms with Gasteiger partial charge < -0.3 is 9.42 Å².